The summed E-state index contributed by atoms with van der Waals surface area (Å²) in [6.45, 7) is 4.48. The molecule has 2 rings (SSSR count). The standard InChI is InChI=1S/C15H23N3OS/c1-10-9-18(2)7-6-13(10)17-14-8-11(19-3)4-5-12(14)15(16)20/h4-5,8,10,13,17H,6-7,9H2,1-3H3,(H2,16,20). The van der Waals surface area contributed by atoms with Gasteiger partial charge in [-0.1, -0.05) is 19.1 Å². The predicted molar refractivity (Wildman–Crippen MR) is 87.6 cm³/mol. The molecule has 20 heavy (non-hydrogen) atoms. The van der Waals surface area contributed by atoms with Crippen molar-refractivity contribution in [1.82, 2.24) is 4.90 Å². The molecule has 3 N–H and O–H groups in total. The largest absolute Gasteiger partial charge is 0.497 e. The van der Waals surface area contributed by atoms with Gasteiger partial charge in [0.15, 0.2) is 0 Å². The van der Waals surface area contributed by atoms with E-state index < -0.39 is 0 Å². The van der Waals surface area contributed by atoms with E-state index in [2.05, 4.69) is 24.2 Å². The predicted octanol–water partition coefficient (Wildman–Crippen LogP) is 2.08. The first kappa shape index (κ1) is 15.1. The molecule has 2 atom stereocenters. The third kappa shape index (κ3) is 3.41. The van der Waals surface area contributed by atoms with Crippen LogP contribution in [-0.4, -0.2) is 43.2 Å². The number of hydrogen-bond donors (Lipinski definition) is 2. The summed E-state index contributed by atoms with van der Waals surface area (Å²) in [6.07, 6.45) is 1.12. The zero-order valence-electron chi connectivity index (χ0n) is 12.3. The smallest absolute Gasteiger partial charge is 0.120 e. The summed E-state index contributed by atoms with van der Waals surface area (Å²) in [5.74, 6) is 1.40. The van der Waals surface area contributed by atoms with Gasteiger partial charge in [0.1, 0.15) is 10.7 Å². The summed E-state index contributed by atoms with van der Waals surface area (Å²) >= 11 is 5.13. The normalized spacial score (nSPS) is 23.4. The van der Waals surface area contributed by atoms with Crippen LogP contribution in [0.3, 0.4) is 0 Å². The van der Waals surface area contributed by atoms with Crippen LogP contribution in [0.2, 0.25) is 0 Å². The average Bonchev–Trinajstić information content (AvgIpc) is 2.41. The first-order chi connectivity index (χ1) is 9.51. The molecular weight excluding hydrogens is 270 g/mol. The minimum absolute atomic E-state index is 0.413. The zero-order chi connectivity index (χ0) is 14.7. The number of nitrogens with zero attached hydrogens (tertiary/aromatic N) is 1. The van der Waals surface area contributed by atoms with Crippen LogP contribution in [0.1, 0.15) is 18.9 Å². The molecule has 0 spiro atoms. The zero-order valence-corrected chi connectivity index (χ0v) is 13.2. The molecule has 1 aromatic rings. The molecule has 1 aromatic carbocycles. The second kappa shape index (κ2) is 6.41. The van der Waals surface area contributed by atoms with E-state index in [1.807, 2.05) is 18.2 Å². The minimum atomic E-state index is 0.413. The maximum Gasteiger partial charge on any atom is 0.120 e. The molecule has 1 fully saturated rings. The molecule has 4 nitrogen and oxygen atoms in total. The Morgan fingerprint density at radius 1 is 1.50 bits per heavy atom. The van der Waals surface area contributed by atoms with Gasteiger partial charge in [-0.15, -0.1) is 0 Å². The molecule has 1 saturated heterocycles. The number of likely N-dealkylation sites (tertiary alicyclic amines) is 1. The number of ether oxygens (including phenoxy) is 1. The van der Waals surface area contributed by atoms with Crippen molar-refractivity contribution in [3.05, 3.63) is 23.8 Å². The maximum absolute atomic E-state index is 5.81. The Balaban J connectivity index is 2.20. The summed E-state index contributed by atoms with van der Waals surface area (Å²) < 4.78 is 5.29. The van der Waals surface area contributed by atoms with E-state index in [1.165, 1.54) is 0 Å². The molecule has 1 aliphatic heterocycles. The third-order valence-electron chi connectivity index (χ3n) is 3.94. The molecule has 0 aromatic heterocycles. The highest BCUT2D eigenvalue weighted by atomic mass is 32.1. The van der Waals surface area contributed by atoms with Crippen LogP contribution in [0.25, 0.3) is 0 Å². The van der Waals surface area contributed by atoms with Crippen molar-refractivity contribution in [3.8, 4) is 5.75 Å². The Hall–Kier alpha value is -1.33. The van der Waals surface area contributed by atoms with Crippen LogP contribution in [0.4, 0.5) is 5.69 Å². The second-order valence-electron chi connectivity index (χ2n) is 5.55. The summed E-state index contributed by atoms with van der Waals surface area (Å²) in [5, 5.41) is 3.60. The Labute approximate surface area is 126 Å². The highest BCUT2D eigenvalue weighted by Gasteiger charge is 2.24. The highest BCUT2D eigenvalue weighted by Crippen LogP contribution is 2.26. The minimum Gasteiger partial charge on any atom is -0.497 e. The fourth-order valence-corrected chi connectivity index (χ4v) is 2.93. The van der Waals surface area contributed by atoms with Gasteiger partial charge in [0.05, 0.1) is 7.11 Å². The van der Waals surface area contributed by atoms with Crippen LogP contribution >= 0.6 is 12.2 Å². The van der Waals surface area contributed by atoms with Crippen molar-refractivity contribution in [2.24, 2.45) is 11.7 Å². The van der Waals surface area contributed by atoms with E-state index in [1.54, 1.807) is 7.11 Å². The van der Waals surface area contributed by atoms with Gasteiger partial charge < -0.3 is 20.7 Å². The number of thiocarbonyl (C=S) groups is 1. The lowest BCUT2D eigenvalue weighted by atomic mass is 9.93. The van der Waals surface area contributed by atoms with E-state index in [9.17, 15) is 0 Å². The van der Waals surface area contributed by atoms with Crippen molar-refractivity contribution in [2.75, 3.05) is 32.6 Å². The van der Waals surface area contributed by atoms with Crippen LogP contribution < -0.4 is 15.8 Å². The lowest BCUT2D eigenvalue weighted by Gasteiger charge is -2.36. The third-order valence-corrected chi connectivity index (χ3v) is 4.16. The van der Waals surface area contributed by atoms with Gasteiger partial charge in [-0.2, -0.15) is 0 Å². The SMILES string of the molecule is COc1ccc(C(N)=S)c(NC2CCN(C)CC2C)c1. The average molecular weight is 293 g/mol. The molecule has 0 radical (unpaired) electrons. The number of rotatable bonds is 4. The number of piperidine rings is 1. The molecule has 110 valence electrons. The van der Waals surface area contributed by atoms with Gasteiger partial charge in [-0.05, 0) is 38.1 Å². The van der Waals surface area contributed by atoms with Crippen LogP contribution in [0.15, 0.2) is 18.2 Å². The Kier molecular flexibility index (Phi) is 4.83. The van der Waals surface area contributed by atoms with E-state index in [0.29, 0.717) is 16.9 Å². The number of anilines is 1. The van der Waals surface area contributed by atoms with E-state index in [4.69, 9.17) is 22.7 Å². The molecular formula is C15H23N3OS. The molecule has 1 heterocycles. The highest BCUT2D eigenvalue weighted by molar-refractivity contribution is 7.80. The Morgan fingerprint density at radius 2 is 2.25 bits per heavy atom. The fourth-order valence-electron chi connectivity index (χ4n) is 2.75. The molecule has 0 saturated carbocycles. The lowest BCUT2D eigenvalue weighted by molar-refractivity contribution is 0.206. The van der Waals surface area contributed by atoms with Crippen molar-refractivity contribution in [3.63, 3.8) is 0 Å². The maximum atomic E-state index is 5.81. The monoisotopic (exact) mass is 293 g/mol. The molecule has 5 heteroatoms. The van der Waals surface area contributed by atoms with Crippen molar-refractivity contribution >= 4 is 22.9 Å². The van der Waals surface area contributed by atoms with Crippen molar-refractivity contribution in [2.45, 2.75) is 19.4 Å². The summed E-state index contributed by atoms with van der Waals surface area (Å²) in [6, 6.07) is 6.21. The van der Waals surface area contributed by atoms with Gasteiger partial charge in [0, 0.05) is 29.9 Å². The first-order valence-electron chi connectivity index (χ1n) is 6.94. The van der Waals surface area contributed by atoms with Gasteiger partial charge in [0.2, 0.25) is 0 Å². The summed E-state index contributed by atoms with van der Waals surface area (Å²) in [7, 11) is 3.83. The van der Waals surface area contributed by atoms with Crippen LogP contribution in [0.5, 0.6) is 5.75 Å². The summed E-state index contributed by atoms with van der Waals surface area (Å²) in [4.78, 5) is 2.78. The van der Waals surface area contributed by atoms with E-state index in [0.717, 1.165) is 36.5 Å². The van der Waals surface area contributed by atoms with Gasteiger partial charge in [0.25, 0.3) is 0 Å². The van der Waals surface area contributed by atoms with Crippen molar-refractivity contribution in [1.29, 1.82) is 0 Å². The van der Waals surface area contributed by atoms with Gasteiger partial charge >= 0.3 is 0 Å². The Morgan fingerprint density at radius 3 is 2.85 bits per heavy atom. The summed E-state index contributed by atoms with van der Waals surface area (Å²) in [5.41, 5.74) is 7.66. The Bertz CT molecular complexity index is 492. The lowest BCUT2D eigenvalue weighted by Crippen LogP contribution is -2.43. The van der Waals surface area contributed by atoms with Crippen LogP contribution in [0, 0.1) is 5.92 Å². The first-order valence-corrected chi connectivity index (χ1v) is 7.35. The fraction of sp³-hybridized carbons (Fsp3) is 0.533. The molecule has 1 aliphatic rings. The molecule has 0 amide bonds. The molecule has 0 aliphatic carbocycles. The number of nitrogens with two attached hydrogens (primary N) is 1. The second-order valence-corrected chi connectivity index (χ2v) is 5.99. The van der Waals surface area contributed by atoms with E-state index in [-0.39, 0.29) is 0 Å². The topological polar surface area (TPSA) is 50.5 Å². The van der Waals surface area contributed by atoms with Gasteiger partial charge in [-0.3, -0.25) is 0 Å². The number of hydrogen-bond acceptors (Lipinski definition) is 4. The van der Waals surface area contributed by atoms with Crippen LogP contribution in [-0.2, 0) is 0 Å². The number of methoxy groups -OCH3 is 1. The quantitative estimate of drug-likeness (QED) is 0.833. The number of benzene rings is 1. The number of nitrogens with one attached hydrogen (secondary N) is 1. The molecule has 0 bridgehead atoms. The van der Waals surface area contributed by atoms with Gasteiger partial charge in [-0.25, -0.2) is 0 Å². The van der Waals surface area contributed by atoms with E-state index >= 15 is 0 Å². The van der Waals surface area contributed by atoms with Crippen molar-refractivity contribution < 1.29 is 4.74 Å². The molecule has 2 unspecified atom stereocenters.